The van der Waals surface area contributed by atoms with Crippen molar-refractivity contribution in [3.63, 3.8) is 0 Å². The summed E-state index contributed by atoms with van der Waals surface area (Å²) in [7, 11) is -4.16. The molecule has 0 saturated heterocycles. The van der Waals surface area contributed by atoms with E-state index in [0.717, 1.165) is 12.1 Å². The number of nitrogens with two attached hydrogens (primary N) is 2. The average Bonchev–Trinajstić information content (AvgIpc) is 2.42. The van der Waals surface area contributed by atoms with Crippen molar-refractivity contribution < 1.29 is 21.6 Å². The summed E-state index contributed by atoms with van der Waals surface area (Å²) in [6.45, 7) is 0. The van der Waals surface area contributed by atoms with Crippen LogP contribution in [0.25, 0.3) is 11.1 Å². The van der Waals surface area contributed by atoms with Crippen LogP contribution in [0.2, 0.25) is 10.0 Å². The molecule has 10 heteroatoms. The molecule has 0 fully saturated rings. The zero-order valence-electron chi connectivity index (χ0n) is 10.5. The van der Waals surface area contributed by atoms with Gasteiger partial charge in [-0.15, -0.1) is 0 Å². The van der Waals surface area contributed by atoms with Gasteiger partial charge in [-0.05, 0) is 12.1 Å². The van der Waals surface area contributed by atoms with Gasteiger partial charge in [-0.25, -0.2) is 26.7 Å². The van der Waals surface area contributed by atoms with Gasteiger partial charge in [0.25, 0.3) is 0 Å². The van der Waals surface area contributed by atoms with Crippen LogP contribution in [0.5, 0.6) is 0 Å². The van der Waals surface area contributed by atoms with Crippen molar-refractivity contribution in [3.05, 3.63) is 45.7 Å². The minimum atomic E-state index is -4.16. The van der Waals surface area contributed by atoms with E-state index in [9.17, 15) is 21.6 Å². The number of anilines is 1. The number of halogens is 5. The Hall–Kier alpha value is -1.48. The first kappa shape index (κ1) is 16.9. The molecule has 0 unspecified atom stereocenters. The highest BCUT2D eigenvalue weighted by Crippen LogP contribution is 2.40. The fraction of sp³-hybridized carbons (Fsp3) is 0. The third-order valence-corrected chi connectivity index (χ3v) is 4.78. The van der Waals surface area contributed by atoms with Crippen molar-refractivity contribution >= 4 is 38.9 Å². The van der Waals surface area contributed by atoms with Gasteiger partial charge in [0.15, 0.2) is 17.5 Å². The zero-order valence-corrected chi connectivity index (χ0v) is 12.8. The maximum Gasteiger partial charge on any atom is 0.239 e. The number of rotatable bonds is 2. The minimum Gasteiger partial charge on any atom is -0.394 e. The summed E-state index contributed by atoms with van der Waals surface area (Å²) in [5, 5.41) is 4.08. The third-order valence-electron chi connectivity index (χ3n) is 2.83. The van der Waals surface area contributed by atoms with Crippen LogP contribution in [0.3, 0.4) is 0 Å². The van der Waals surface area contributed by atoms with Crippen molar-refractivity contribution in [2.24, 2.45) is 5.14 Å². The Morgan fingerprint density at radius 3 is 2.09 bits per heavy atom. The second kappa shape index (κ2) is 5.62. The molecule has 0 aliphatic rings. The molecule has 0 radical (unpaired) electrons. The van der Waals surface area contributed by atoms with Crippen LogP contribution in [0.15, 0.2) is 23.1 Å². The van der Waals surface area contributed by atoms with Crippen LogP contribution in [0.1, 0.15) is 0 Å². The van der Waals surface area contributed by atoms with E-state index in [2.05, 4.69) is 0 Å². The number of hydrogen-bond donors (Lipinski definition) is 2. The number of benzene rings is 2. The van der Waals surface area contributed by atoms with E-state index in [-0.39, 0.29) is 5.56 Å². The second-order valence-corrected chi connectivity index (χ2v) is 6.52. The summed E-state index contributed by atoms with van der Waals surface area (Å²) in [5.41, 5.74) is 3.46. The number of primary sulfonamides is 1. The van der Waals surface area contributed by atoms with Gasteiger partial charge in [0.1, 0.15) is 10.6 Å². The monoisotopic (exact) mass is 370 g/mol. The van der Waals surface area contributed by atoms with Crippen LogP contribution in [0, 0.1) is 17.5 Å². The summed E-state index contributed by atoms with van der Waals surface area (Å²) in [6, 6.07) is 2.56. The fourth-order valence-corrected chi connectivity index (χ4v) is 3.20. The van der Waals surface area contributed by atoms with Crippen LogP contribution >= 0.6 is 23.2 Å². The van der Waals surface area contributed by atoms with Crippen molar-refractivity contribution in [2.75, 3.05) is 5.73 Å². The summed E-state index contributed by atoms with van der Waals surface area (Å²) in [6.07, 6.45) is 0. The number of nitrogen functional groups attached to an aromatic ring is 1. The van der Waals surface area contributed by atoms with Gasteiger partial charge in [0.05, 0.1) is 10.0 Å². The molecule has 118 valence electrons. The third kappa shape index (κ3) is 2.74. The summed E-state index contributed by atoms with van der Waals surface area (Å²) in [5.74, 6) is -4.18. The first-order chi connectivity index (χ1) is 10.1. The predicted molar refractivity (Wildman–Crippen MR) is 77.6 cm³/mol. The quantitative estimate of drug-likeness (QED) is 0.627. The molecule has 4 N–H and O–H groups in total. The van der Waals surface area contributed by atoms with E-state index in [1.165, 1.54) is 0 Å². The standard InChI is InChI=1S/C12H7Cl2F3N2O2S/c13-8-4(1-2-7(9(8)14)22(19,20)21)5-3-6(15)11(17)12(18)10(5)16/h1-3H,18H2,(H2,19,20,21). The van der Waals surface area contributed by atoms with E-state index in [1.807, 2.05) is 0 Å². The highest BCUT2D eigenvalue weighted by atomic mass is 35.5. The van der Waals surface area contributed by atoms with E-state index in [1.54, 1.807) is 0 Å². The molecule has 0 saturated carbocycles. The molecular formula is C12H7Cl2F3N2O2S. The number of hydrogen-bond acceptors (Lipinski definition) is 3. The molecular weight excluding hydrogens is 364 g/mol. The van der Waals surface area contributed by atoms with Gasteiger partial charge < -0.3 is 5.73 Å². The zero-order chi connectivity index (χ0) is 16.8. The average molecular weight is 371 g/mol. The van der Waals surface area contributed by atoms with Crippen molar-refractivity contribution in [2.45, 2.75) is 4.90 Å². The Kier molecular flexibility index (Phi) is 4.31. The summed E-state index contributed by atoms with van der Waals surface area (Å²) < 4.78 is 63.2. The van der Waals surface area contributed by atoms with Crippen molar-refractivity contribution in [3.8, 4) is 11.1 Å². The Bertz CT molecular complexity index is 889. The van der Waals surface area contributed by atoms with Gasteiger partial charge in [-0.2, -0.15) is 0 Å². The van der Waals surface area contributed by atoms with Gasteiger partial charge >= 0.3 is 0 Å². The Morgan fingerprint density at radius 1 is 0.955 bits per heavy atom. The van der Waals surface area contributed by atoms with Crippen LogP contribution < -0.4 is 10.9 Å². The molecule has 0 spiro atoms. The Morgan fingerprint density at radius 2 is 1.55 bits per heavy atom. The van der Waals surface area contributed by atoms with E-state index in [4.69, 9.17) is 34.1 Å². The Labute approximate surface area is 133 Å². The molecule has 2 rings (SSSR count). The predicted octanol–water partition coefficient (Wildman–Crippen LogP) is 3.31. The molecule has 2 aromatic rings. The largest absolute Gasteiger partial charge is 0.394 e. The van der Waals surface area contributed by atoms with Crippen LogP contribution in [-0.4, -0.2) is 8.42 Å². The Balaban J connectivity index is 2.79. The SMILES string of the molecule is Nc1c(F)c(F)cc(-c2ccc(S(N)(=O)=O)c(Cl)c2Cl)c1F. The van der Waals surface area contributed by atoms with E-state index < -0.39 is 53.7 Å². The molecule has 0 amide bonds. The summed E-state index contributed by atoms with van der Waals surface area (Å²) >= 11 is 11.7. The minimum absolute atomic E-state index is 0.165. The van der Waals surface area contributed by atoms with Crippen LogP contribution in [-0.2, 0) is 10.0 Å². The molecule has 22 heavy (non-hydrogen) atoms. The highest BCUT2D eigenvalue weighted by Gasteiger charge is 2.23. The normalized spacial score (nSPS) is 11.7. The lowest BCUT2D eigenvalue weighted by Gasteiger charge is -2.12. The van der Waals surface area contributed by atoms with Crippen LogP contribution in [0.4, 0.5) is 18.9 Å². The molecule has 0 aliphatic heterocycles. The van der Waals surface area contributed by atoms with Gasteiger partial charge in [0, 0.05) is 11.1 Å². The molecule has 0 atom stereocenters. The highest BCUT2D eigenvalue weighted by molar-refractivity contribution is 7.89. The number of sulfonamides is 1. The first-order valence-electron chi connectivity index (χ1n) is 5.49. The van der Waals surface area contributed by atoms with Gasteiger partial charge in [-0.3, -0.25) is 0 Å². The lowest BCUT2D eigenvalue weighted by Crippen LogP contribution is -2.13. The van der Waals surface area contributed by atoms with Gasteiger partial charge in [-0.1, -0.05) is 29.3 Å². The van der Waals surface area contributed by atoms with Crippen molar-refractivity contribution in [1.82, 2.24) is 0 Å². The molecule has 0 aliphatic carbocycles. The molecule has 0 aromatic heterocycles. The molecule has 0 bridgehead atoms. The fourth-order valence-electron chi connectivity index (χ4n) is 1.78. The maximum atomic E-state index is 14.0. The molecule has 0 heterocycles. The van der Waals surface area contributed by atoms with E-state index >= 15 is 0 Å². The van der Waals surface area contributed by atoms with E-state index in [0.29, 0.717) is 6.07 Å². The first-order valence-corrected chi connectivity index (χ1v) is 7.80. The smallest absolute Gasteiger partial charge is 0.239 e. The molecule has 2 aromatic carbocycles. The lowest BCUT2D eigenvalue weighted by atomic mass is 10.0. The van der Waals surface area contributed by atoms with Crippen molar-refractivity contribution in [1.29, 1.82) is 0 Å². The van der Waals surface area contributed by atoms with Gasteiger partial charge in [0.2, 0.25) is 10.0 Å². The molecule has 4 nitrogen and oxygen atoms in total. The maximum absolute atomic E-state index is 14.0. The second-order valence-electron chi connectivity index (χ2n) is 4.23. The topological polar surface area (TPSA) is 86.2 Å². The lowest BCUT2D eigenvalue weighted by molar-refractivity contribution is 0.501. The summed E-state index contributed by atoms with van der Waals surface area (Å²) in [4.78, 5) is -0.487.